The smallest absolute Gasteiger partial charge is 0.274 e. The fourth-order valence-electron chi connectivity index (χ4n) is 1.93. The van der Waals surface area contributed by atoms with Crippen LogP contribution in [0.3, 0.4) is 0 Å². The van der Waals surface area contributed by atoms with Crippen molar-refractivity contribution in [3.8, 4) is 0 Å². The number of aryl methyl sites for hydroxylation is 2. The van der Waals surface area contributed by atoms with Gasteiger partial charge in [-0.05, 0) is 59.1 Å². The second-order valence-corrected chi connectivity index (χ2v) is 5.43. The third kappa shape index (κ3) is 3.17. The first-order chi connectivity index (χ1) is 9.51. The minimum absolute atomic E-state index is 0.222. The Morgan fingerprint density at radius 3 is 2.55 bits per heavy atom. The third-order valence-electron chi connectivity index (χ3n) is 2.96. The Kier molecular flexibility index (Phi) is 4.39. The Hall–Kier alpha value is -1.88. The summed E-state index contributed by atoms with van der Waals surface area (Å²) in [5, 5.41) is 5.86. The van der Waals surface area contributed by atoms with Crippen molar-refractivity contribution < 1.29 is 4.79 Å². The highest BCUT2D eigenvalue weighted by atomic mass is 79.9. The van der Waals surface area contributed by atoms with Gasteiger partial charge >= 0.3 is 0 Å². The molecule has 2 N–H and O–H groups in total. The van der Waals surface area contributed by atoms with Crippen LogP contribution in [0.4, 0.5) is 11.4 Å². The molecule has 0 spiro atoms. The van der Waals surface area contributed by atoms with Crippen LogP contribution in [0.5, 0.6) is 0 Å². The Balaban J connectivity index is 2.23. The van der Waals surface area contributed by atoms with E-state index in [1.165, 1.54) is 0 Å². The van der Waals surface area contributed by atoms with Crippen LogP contribution >= 0.6 is 15.9 Å². The zero-order chi connectivity index (χ0) is 14.7. The summed E-state index contributed by atoms with van der Waals surface area (Å²) in [6, 6.07) is 7.51. The molecule has 20 heavy (non-hydrogen) atoms. The van der Waals surface area contributed by atoms with Crippen molar-refractivity contribution in [1.82, 2.24) is 4.98 Å². The second kappa shape index (κ2) is 6.05. The van der Waals surface area contributed by atoms with E-state index in [9.17, 15) is 4.79 Å². The maximum absolute atomic E-state index is 12.2. The van der Waals surface area contributed by atoms with Crippen molar-refractivity contribution in [3.63, 3.8) is 0 Å². The van der Waals surface area contributed by atoms with Gasteiger partial charge in [-0.25, -0.2) is 4.98 Å². The zero-order valence-corrected chi connectivity index (χ0v) is 13.2. The average Bonchev–Trinajstić information content (AvgIpc) is 2.42. The Morgan fingerprint density at radius 2 is 2.00 bits per heavy atom. The number of rotatable bonds is 3. The Labute approximate surface area is 126 Å². The molecule has 104 valence electrons. The van der Waals surface area contributed by atoms with Gasteiger partial charge < -0.3 is 10.6 Å². The van der Waals surface area contributed by atoms with E-state index in [2.05, 4.69) is 31.5 Å². The van der Waals surface area contributed by atoms with Crippen molar-refractivity contribution in [2.45, 2.75) is 13.8 Å². The van der Waals surface area contributed by atoms with Crippen LogP contribution in [-0.2, 0) is 0 Å². The summed E-state index contributed by atoms with van der Waals surface area (Å²) in [5.41, 5.74) is 4.19. The van der Waals surface area contributed by atoms with Gasteiger partial charge in [-0.2, -0.15) is 0 Å². The molecule has 0 radical (unpaired) electrons. The summed E-state index contributed by atoms with van der Waals surface area (Å²) in [6.45, 7) is 3.98. The first-order valence-corrected chi connectivity index (χ1v) is 7.02. The summed E-state index contributed by atoms with van der Waals surface area (Å²) in [7, 11) is 1.81. The largest absolute Gasteiger partial charge is 0.387 e. The van der Waals surface area contributed by atoms with E-state index in [-0.39, 0.29) is 5.91 Å². The average molecular weight is 334 g/mol. The van der Waals surface area contributed by atoms with Crippen LogP contribution in [0.1, 0.15) is 21.6 Å². The van der Waals surface area contributed by atoms with Gasteiger partial charge in [0, 0.05) is 11.5 Å². The maximum atomic E-state index is 12.2. The third-order valence-corrected chi connectivity index (χ3v) is 3.58. The highest BCUT2D eigenvalue weighted by Crippen LogP contribution is 2.28. The number of aromatic nitrogens is 1. The summed E-state index contributed by atoms with van der Waals surface area (Å²) >= 11 is 3.48. The van der Waals surface area contributed by atoms with E-state index in [0.717, 1.165) is 27.0 Å². The number of benzene rings is 1. The number of hydrogen-bond donors (Lipinski definition) is 2. The molecular formula is C15H16BrN3O. The van der Waals surface area contributed by atoms with Crippen LogP contribution in [0, 0.1) is 13.8 Å². The molecule has 1 amide bonds. The topological polar surface area (TPSA) is 54.0 Å². The number of amides is 1. The van der Waals surface area contributed by atoms with E-state index in [1.54, 1.807) is 12.3 Å². The molecule has 5 heteroatoms. The number of anilines is 2. The van der Waals surface area contributed by atoms with Crippen LogP contribution in [-0.4, -0.2) is 17.9 Å². The molecule has 1 aromatic carbocycles. The van der Waals surface area contributed by atoms with Crippen LogP contribution < -0.4 is 10.6 Å². The van der Waals surface area contributed by atoms with E-state index in [4.69, 9.17) is 0 Å². The molecule has 1 aromatic heterocycles. The van der Waals surface area contributed by atoms with Gasteiger partial charge in [0.05, 0.1) is 17.6 Å². The number of pyridine rings is 1. The fourth-order valence-corrected chi connectivity index (χ4v) is 2.70. The highest BCUT2D eigenvalue weighted by molar-refractivity contribution is 9.10. The number of hydrogen-bond acceptors (Lipinski definition) is 3. The number of carbonyl (C=O) groups is 1. The van der Waals surface area contributed by atoms with Gasteiger partial charge in [-0.1, -0.05) is 6.07 Å². The molecule has 0 saturated carbocycles. The Morgan fingerprint density at radius 1 is 1.25 bits per heavy atom. The van der Waals surface area contributed by atoms with Crippen molar-refractivity contribution in [3.05, 3.63) is 51.8 Å². The van der Waals surface area contributed by atoms with Crippen LogP contribution in [0.2, 0.25) is 0 Å². The predicted molar refractivity (Wildman–Crippen MR) is 85.4 cm³/mol. The molecule has 1 heterocycles. The van der Waals surface area contributed by atoms with E-state index < -0.39 is 0 Å². The number of halogens is 1. The molecule has 0 aliphatic heterocycles. The standard InChI is InChI=1S/C15H16BrN3O/c1-9-6-10(2)14(12(16)7-9)19-15(20)13-5-4-11(17-3)8-18-13/h4-8,17H,1-3H3,(H,19,20). The lowest BCUT2D eigenvalue weighted by molar-refractivity contribution is 0.102. The Bertz CT molecular complexity index is 615. The summed E-state index contributed by atoms with van der Waals surface area (Å²) < 4.78 is 0.871. The molecule has 0 aliphatic rings. The van der Waals surface area contributed by atoms with Gasteiger partial charge in [0.1, 0.15) is 5.69 Å². The SMILES string of the molecule is CNc1ccc(C(=O)Nc2c(C)cc(C)cc2Br)nc1. The number of carbonyl (C=O) groups excluding carboxylic acids is 1. The first-order valence-electron chi connectivity index (χ1n) is 6.23. The molecule has 0 fully saturated rings. The molecule has 0 saturated heterocycles. The normalized spacial score (nSPS) is 10.2. The molecule has 2 aromatic rings. The lowest BCUT2D eigenvalue weighted by atomic mass is 10.1. The van der Waals surface area contributed by atoms with Gasteiger partial charge in [0.25, 0.3) is 5.91 Å². The molecular weight excluding hydrogens is 318 g/mol. The van der Waals surface area contributed by atoms with Crippen LogP contribution in [0.25, 0.3) is 0 Å². The van der Waals surface area contributed by atoms with Gasteiger partial charge in [0.15, 0.2) is 0 Å². The first kappa shape index (κ1) is 14.5. The summed E-state index contributed by atoms with van der Waals surface area (Å²) in [4.78, 5) is 16.3. The predicted octanol–water partition coefficient (Wildman–Crippen LogP) is 3.75. The van der Waals surface area contributed by atoms with Gasteiger partial charge in [-0.3, -0.25) is 4.79 Å². The second-order valence-electron chi connectivity index (χ2n) is 4.57. The maximum Gasteiger partial charge on any atom is 0.274 e. The number of nitrogens with one attached hydrogen (secondary N) is 2. The molecule has 4 nitrogen and oxygen atoms in total. The molecule has 2 rings (SSSR count). The highest BCUT2D eigenvalue weighted by Gasteiger charge is 2.12. The van der Waals surface area contributed by atoms with Crippen LogP contribution in [0.15, 0.2) is 34.9 Å². The fraction of sp³-hybridized carbons (Fsp3) is 0.200. The number of nitrogens with zero attached hydrogens (tertiary/aromatic N) is 1. The minimum atomic E-state index is -0.222. The lowest BCUT2D eigenvalue weighted by Crippen LogP contribution is -2.15. The van der Waals surface area contributed by atoms with Crippen molar-refractivity contribution in [1.29, 1.82) is 0 Å². The van der Waals surface area contributed by atoms with Gasteiger partial charge in [0.2, 0.25) is 0 Å². The van der Waals surface area contributed by atoms with Crippen molar-refractivity contribution in [2.24, 2.45) is 0 Å². The summed E-state index contributed by atoms with van der Waals surface area (Å²) in [5.74, 6) is -0.222. The van der Waals surface area contributed by atoms with E-state index >= 15 is 0 Å². The monoisotopic (exact) mass is 333 g/mol. The molecule has 0 bridgehead atoms. The quantitative estimate of drug-likeness (QED) is 0.899. The lowest BCUT2D eigenvalue weighted by Gasteiger charge is -2.11. The molecule has 0 aliphatic carbocycles. The zero-order valence-electron chi connectivity index (χ0n) is 11.6. The minimum Gasteiger partial charge on any atom is -0.387 e. The molecule has 0 unspecified atom stereocenters. The summed E-state index contributed by atoms with van der Waals surface area (Å²) in [6.07, 6.45) is 1.63. The molecule has 0 atom stereocenters. The van der Waals surface area contributed by atoms with Crippen molar-refractivity contribution in [2.75, 3.05) is 17.7 Å². The van der Waals surface area contributed by atoms with E-state index in [1.807, 2.05) is 39.1 Å². The van der Waals surface area contributed by atoms with E-state index in [0.29, 0.717) is 5.69 Å². The van der Waals surface area contributed by atoms with Crippen molar-refractivity contribution >= 4 is 33.2 Å². The van der Waals surface area contributed by atoms with Gasteiger partial charge in [-0.15, -0.1) is 0 Å².